The van der Waals surface area contributed by atoms with Crippen molar-refractivity contribution >= 4 is 22.7 Å². The SMILES string of the molecule is Cc1ccc(C(=O)Oc2cccc3cccc(OC(=O)C4CCCC(C)C4)c23)cc1. The fourth-order valence-electron chi connectivity index (χ4n) is 4.13. The van der Waals surface area contributed by atoms with E-state index in [0.717, 1.165) is 36.6 Å². The zero-order valence-electron chi connectivity index (χ0n) is 17.4. The number of hydrogen-bond donors (Lipinski definition) is 0. The number of hydrogen-bond acceptors (Lipinski definition) is 4. The Morgan fingerprint density at radius 2 is 1.53 bits per heavy atom. The van der Waals surface area contributed by atoms with Gasteiger partial charge in [0.2, 0.25) is 0 Å². The Labute approximate surface area is 176 Å². The number of benzene rings is 3. The molecule has 1 saturated carbocycles. The number of esters is 2. The molecule has 0 saturated heterocycles. The second kappa shape index (κ2) is 8.70. The first kappa shape index (κ1) is 20.1. The van der Waals surface area contributed by atoms with Gasteiger partial charge in [-0.2, -0.15) is 0 Å². The van der Waals surface area contributed by atoms with E-state index < -0.39 is 5.97 Å². The Balaban J connectivity index is 1.62. The maximum Gasteiger partial charge on any atom is 0.343 e. The molecule has 0 amide bonds. The summed E-state index contributed by atoms with van der Waals surface area (Å²) in [5, 5.41) is 1.49. The molecule has 4 rings (SSSR count). The average molecular weight is 402 g/mol. The third kappa shape index (κ3) is 4.38. The Kier molecular flexibility index (Phi) is 5.84. The molecule has 0 N–H and O–H groups in total. The van der Waals surface area contributed by atoms with E-state index in [2.05, 4.69) is 6.92 Å². The second-order valence-corrected chi connectivity index (χ2v) is 8.26. The maximum atomic E-state index is 12.8. The van der Waals surface area contributed by atoms with Crippen LogP contribution in [-0.4, -0.2) is 11.9 Å². The van der Waals surface area contributed by atoms with Gasteiger partial charge in [-0.3, -0.25) is 4.79 Å². The van der Waals surface area contributed by atoms with Gasteiger partial charge >= 0.3 is 11.9 Å². The lowest BCUT2D eigenvalue weighted by molar-refractivity contribution is -0.140. The van der Waals surface area contributed by atoms with Crippen molar-refractivity contribution in [2.24, 2.45) is 11.8 Å². The highest BCUT2D eigenvalue weighted by atomic mass is 16.5. The van der Waals surface area contributed by atoms with Gasteiger partial charge in [-0.25, -0.2) is 4.79 Å². The van der Waals surface area contributed by atoms with Crippen molar-refractivity contribution in [2.75, 3.05) is 0 Å². The highest BCUT2D eigenvalue weighted by molar-refractivity contribution is 5.99. The summed E-state index contributed by atoms with van der Waals surface area (Å²) in [6, 6.07) is 18.2. The van der Waals surface area contributed by atoms with Crippen LogP contribution in [0.25, 0.3) is 10.8 Å². The van der Waals surface area contributed by atoms with Crippen LogP contribution < -0.4 is 9.47 Å². The number of aryl methyl sites for hydroxylation is 1. The van der Waals surface area contributed by atoms with Crippen molar-refractivity contribution in [1.29, 1.82) is 0 Å². The van der Waals surface area contributed by atoms with E-state index in [1.54, 1.807) is 24.3 Å². The van der Waals surface area contributed by atoms with Crippen LogP contribution >= 0.6 is 0 Å². The van der Waals surface area contributed by atoms with Gasteiger partial charge < -0.3 is 9.47 Å². The number of carbonyl (C=O) groups excluding carboxylic acids is 2. The molecule has 30 heavy (non-hydrogen) atoms. The lowest BCUT2D eigenvalue weighted by atomic mass is 9.82. The molecule has 4 heteroatoms. The van der Waals surface area contributed by atoms with Crippen molar-refractivity contribution in [3.63, 3.8) is 0 Å². The molecule has 0 aliphatic heterocycles. The fourth-order valence-corrected chi connectivity index (χ4v) is 4.13. The number of rotatable bonds is 4. The van der Waals surface area contributed by atoms with Gasteiger partial charge in [-0.1, -0.05) is 61.7 Å². The zero-order chi connectivity index (χ0) is 21.1. The molecule has 1 aliphatic carbocycles. The van der Waals surface area contributed by atoms with Crippen molar-refractivity contribution in [3.05, 3.63) is 71.8 Å². The first-order valence-corrected chi connectivity index (χ1v) is 10.5. The topological polar surface area (TPSA) is 52.6 Å². The van der Waals surface area contributed by atoms with Crippen LogP contribution in [0.3, 0.4) is 0 Å². The normalized spacial score (nSPS) is 18.7. The summed E-state index contributed by atoms with van der Waals surface area (Å²) in [6.07, 6.45) is 3.94. The Morgan fingerprint density at radius 1 is 0.867 bits per heavy atom. The predicted octanol–water partition coefficient (Wildman–Crippen LogP) is 6.10. The summed E-state index contributed by atoms with van der Waals surface area (Å²) in [5.41, 5.74) is 1.55. The molecule has 2 atom stereocenters. The lowest BCUT2D eigenvalue weighted by Gasteiger charge is -2.25. The largest absolute Gasteiger partial charge is 0.426 e. The van der Waals surface area contributed by atoms with Crippen molar-refractivity contribution in [1.82, 2.24) is 0 Å². The lowest BCUT2D eigenvalue weighted by Crippen LogP contribution is -2.25. The molecule has 4 nitrogen and oxygen atoms in total. The number of carbonyl (C=O) groups is 2. The van der Waals surface area contributed by atoms with E-state index in [0.29, 0.717) is 28.4 Å². The molecule has 3 aromatic rings. The minimum Gasteiger partial charge on any atom is -0.426 e. The summed E-state index contributed by atoms with van der Waals surface area (Å²) in [5.74, 6) is 0.640. The summed E-state index contributed by atoms with van der Waals surface area (Å²) in [4.78, 5) is 25.5. The summed E-state index contributed by atoms with van der Waals surface area (Å²) in [7, 11) is 0. The van der Waals surface area contributed by atoms with Crippen LogP contribution in [0.15, 0.2) is 60.7 Å². The molecule has 0 heterocycles. The van der Waals surface area contributed by atoms with Crippen molar-refractivity contribution in [3.8, 4) is 11.5 Å². The van der Waals surface area contributed by atoms with E-state index in [1.165, 1.54) is 0 Å². The molecule has 154 valence electrons. The highest BCUT2D eigenvalue weighted by Crippen LogP contribution is 2.36. The van der Waals surface area contributed by atoms with Crippen LogP contribution in [-0.2, 0) is 4.79 Å². The first-order chi connectivity index (χ1) is 14.5. The Bertz CT molecular complexity index is 1060. The van der Waals surface area contributed by atoms with Crippen molar-refractivity contribution < 1.29 is 19.1 Å². The van der Waals surface area contributed by atoms with Gasteiger partial charge in [0.25, 0.3) is 0 Å². The van der Waals surface area contributed by atoms with Gasteiger partial charge in [0.05, 0.1) is 16.9 Å². The molecule has 1 aliphatic rings. The summed E-state index contributed by atoms with van der Waals surface area (Å²) < 4.78 is 11.5. The average Bonchev–Trinajstić information content (AvgIpc) is 2.74. The summed E-state index contributed by atoms with van der Waals surface area (Å²) in [6.45, 7) is 4.15. The Hall–Kier alpha value is -3.14. The molecule has 2 unspecified atom stereocenters. The van der Waals surface area contributed by atoms with Crippen LogP contribution in [0.2, 0.25) is 0 Å². The van der Waals surface area contributed by atoms with Gasteiger partial charge in [-0.15, -0.1) is 0 Å². The maximum absolute atomic E-state index is 12.8. The van der Waals surface area contributed by atoms with E-state index in [1.807, 2.05) is 43.3 Å². The van der Waals surface area contributed by atoms with Crippen LogP contribution in [0, 0.1) is 18.8 Å². The third-order valence-electron chi connectivity index (χ3n) is 5.80. The second-order valence-electron chi connectivity index (χ2n) is 8.26. The highest BCUT2D eigenvalue weighted by Gasteiger charge is 2.27. The third-order valence-corrected chi connectivity index (χ3v) is 5.80. The molecule has 0 spiro atoms. The van der Waals surface area contributed by atoms with E-state index in [4.69, 9.17) is 9.47 Å². The minimum atomic E-state index is -0.440. The standard InChI is InChI=1S/C26H26O4/c1-17-12-14-20(15-13-17)25(27)29-22-10-4-7-19-8-5-11-23(24(19)22)30-26(28)21-9-3-6-18(2)16-21/h4-5,7-8,10-15,18,21H,3,6,9,16H2,1-2H3. The monoisotopic (exact) mass is 402 g/mol. The number of ether oxygens (including phenoxy) is 2. The molecule has 3 aromatic carbocycles. The van der Waals surface area contributed by atoms with E-state index >= 15 is 0 Å². The quantitative estimate of drug-likeness (QED) is 0.391. The molecular weight excluding hydrogens is 376 g/mol. The fraction of sp³-hybridized carbons (Fsp3) is 0.308. The van der Waals surface area contributed by atoms with Gasteiger partial charge in [0, 0.05) is 0 Å². The van der Waals surface area contributed by atoms with Crippen LogP contribution in [0.4, 0.5) is 0 Å². The first-order valence-electron chi connectivity index (χ1n) is 10.5. The molecule has 0 bridgehead atoms. The summed E-state index contributed by atoms with van der Waals surface area (Å²) >= 11 is 0. The van der Waals surface area contributed by atoms with E-state index in [9.17, 15) is 9.59 Å². The van der Waals surface area contributed by atoms with Crippen LogP contribution in [0.1, 0.15) is 48.5 Å². The minimum absolute atomic E-state index is 0.0775. The Morgan fingerprint density at radius 3 is 2.20 bits per heavy atom. The molecule has 0 radical (unpaired) electrons. The van der Waals surface area contributed by atoms with Crippen LogP contribution in [0.5, 0.6) is 11.5 Å². The molecular formula is C26H26O4. The molecule has 0 aromatic heterocycles. The van der Waals surface area contributed by atoms with Gasteiger partial charge in [-0.05, 0) is 55.3 Å². The van der Waals surface area contributed by atoms with E-state index in [-0.39, 0.29) is 11.9 Å². The van der Waals surface area contributed by atoms with Gasteiger partial charge in [0.1, 0.15) is 11.5 Å². The number of fused-ring (bicyclic) bond motifs is 1. The van der Waals surface area contributed by atoms with Gasteiger partial charge in [0.15, 0.2) is 0 Å². The molecule has 1 fully saturated rings. The zero-order valence-corrected chi connectivity index (χ0v) is 17.4. The predicted molar refractivity (Wildman–Crippen MR) is 117 cm³/mol. The van der Waals surface area contributed by atoms with Crippen molar-refractivity contribution in [2.45, 2.75) is 39.5 Å². The smallest absolute Gasteiger partial charge is 0.343 e.